The number of pyridine rings is 2. The molecule has 0 unspecified atom stereocenters. The Labute approximate surface area is 110 Å². The van der Waals surface area contributed by atoms with Gasteiger partial charge in [0.25, 0.3) is 5.91 Å². The molecule has 0 bridgehead atoms. The number of hydrogen-bond donors (Lipinski definition) is 1. The molecule has 1 amide bonds. The SMILES string of the molecule is Cc1cc(Cl)c(C(=O)NCc2ccccn2)cn1. The Balaban J connectivity index is 2.04. The van der Waals surface area contributed by atoms with Gasteiger partial charge in [0, 0.05) is 18.1 Å². The molecule has 0 spiro atoms. The molecule has 4 nitrogen and oxygen atoms in total. The van der Waals surface area contributed by atoms with Gasteiger partial charge >= 0.3 is 0 Å². The predicted molar refractivity (Wildman–Crippen MR) is 69.4 cm³/mol. The quantitative estimate of drug-likeness (QED) is 0.923. The van der Waals surface area contributed by atoms with Crippen molar-refractivity contribution in [3.8, 4) is 0 Å². The van der Waals surface area contributed by atoms with Crippen LogP contribution in [0.15, 0.2) is 36.7 Å². The van der Waals surface area contributed by atoms with E-state index in [-0.39, 0.29) is 5.91 Å². The molecule has 2 rings (SSSR count). The van der Waals surface area contributed by atoms with Crippen molar-refractivity contribution in [3.05, 3.63) is 58.6 Å². The van der Waals surface area contributed by atoms with E-state index >= 15 is 0 Å². The Kier molecular flexibility index (Phi) is 3.89. The van der Waals surface area contributed by atoms with E-state index in [0.717, 1.165) is 11.4 Å². The van der Waals surface area contributed by atoms with E-state index in [4.69, 9.17) is 11.6 Å². The molecule has 0 radical (unpaired) electrons. The molecule has 0 saturated carbocycles. The Bertz CT molecular complexity index is 557. The van der Waals surface area contributed by atoms with Crippen molar-refractivity contribution in [1.82, 2.24) is 15.3 Å². The van der Waals surface area contributed by atoms with Crippen molar-refractivity contribution in [3.63, 3.8) is 0 Å². The normalized spacial score (nSPS) is 10.1. The lowest BCUT2D eigenvalue weighted by Crippen LogP contribution is -2.23. The number of amides is 1. The van der Waals surface area contributed by atoms with Gasteiger partial charge in [0.1, 0.15) is 0 Å². The van der Waals surface area contributed by atoms with Gasteiger partial charge in [-0.05, 0) is 25.1 Å². The molecule has 0 atom stereocenters. The summed E-state index contributed by atoms with van der Waals surface area (Å²) in [5.74, 6) is -0.252. The van der Waals surface area contributed by atoms with Crippen molar-refractivity contribution in [2.45, 2.75) is 13.5 Å². The van der Waals surface area contributed by atoms with Crippen LogP contribution in [0.5, 0.6) is 0 Å². The molecule has 1 N–H and O–H groups in total. The highest BCUT2D eigenvalue weighted by Crippen LogP contribution is 2.15. The standard InChI is InChI=1S/C13H12ClN3O/c1-9-6-12(14)11(8-16-9)13(18)17-7-10-4-2-3-5-15-10/h2-6,8H,7H2,1H3,(H,17,18). The third-order valence-corrected chi connectivity index (χ3v) is 2.70. The highest BCUT2D eigenvalue weighted by Gasteiger charge is 2.10. The van der Waals surface area contributed by atoms with Gasteiger partial charge < -0.3 is 5.32 Å². The smallest absolute Gasteiger partial charge is 0.254 e. The molecule has 0 aliphatic heterocycles. The van der Waals surface area contributed by atoms with Gasteiger partial charge in [-0.25, -0.2) is 0 Å². The summed E-state index contributed by atoms with van der Waals surface area (Å²) in [5, 5.41) is 3.15. The van der Waals surface area contributed by atoms with E-state index in [0.29, 0.717) is 17.1 Å². The van der Waals surface area contributed by atoms with Gasteiger partial charge in [-0.15, -0.1) is 0 Å². The Morgan fingerprint density at radius 1 is 1.39 bits per heavy atom. The number of aromatic nitrogens is 2. The summed E-state index contributed by atoms with van der Waals surface area (Å²) < 4.78 is 0. The number of hydrogen-bond acceptors (Lipinski definition) is 3. The molecule has 0 aromatic carbocycles. The van der Waals surface area contributed by atoms with Gasteiger partial charge in [-0.2, -0.15) is 0 Å². The zero-order valence-corrected chi connectivity index (χ0v) is 10.6. The molecule has 92 valence electrons. The van der Waals surface area contributed by atoms with Crippen molar-refractivity contribution >= 4 is 17.5 Å². The number of aryl methyl sites for hydroxylation is 1. The first kappa shape index (κ1) is 12.5. The van der Waals surface area contributed by atoms with Crippen LogP contribution in [0.2, 0.25) is 5.02 Å². The van der Waals surface area contributed by atoms with Crippen molar-refractivity contribution in [2.24, 2.45) is 0 Å². The Morgan fingerprint density at radius 3 is 2.89 bits per heavy atom. The zero-order chi connectivity index (χ0) is 13.0. The third-order valence-electron chi connectivity index (χ3n) is 2.39. The molecule has 2 aromatic rings. The number of nitrogens with one attached hydrogen (secondary N) is 1. The molecular weight excluding hydrogens is 250 g/mol. The van der Waals surface area contributed by atoms with Crippen LogP contribution in [0, 0.1) is 6.92 Å². The maximum atomic E-state index is 11.9. The number of rotatable bonds is 3. The first-order valence-corrected chi connectivity index (χ1v) is 5.85. The minimum atomic E-state index is -0.252. The molecule has 0 aliphatic rings. The number of nitrogens with zero attached hydrogens (tertiary/aromatic N) is 2. The maximum Gasteiger partial charge on any atom is 0.254 e. The van der Waals surface area contributed by atoms with Crippen LogP contribution in [-0.2, 0) is 6.54 Å². The Hall–Kier alpha value is -1.94. The molecule has 18 heavy (non-hydrogen) atoms. The van der Waals surface area contributed by atoms with Crippen LogP contribution in [0.1, 0.15) is 21.7 Å². The van der Waals surface area contributed by atoms with E-state index in [1.165, 1.54) is 6.20 Å². The first-order valence-electron chi connectivity index (χ1n) is 5.47. The largest absolute Gasteiger partial charge is 0.346 e. The number of carbonyl (C=O) groups is 1. The molecule has 0 fully saturated rings. The number of halogens is 1. The summed E-state index contributed by atoms with van der Waals surface area (Å²) in [4.78, 5) is 20.1. The predicted octanol–water partition coefficient (Wildman–Crippen LogP) is 2.37. The molecule has 0 saturated heterocycles. The molecule has 2 heterocycles. The van der Waals surface area contributed by atoms with Gasteiger partial charge in [-0.3, -0.25) is 14.8 Å². The van der Waals surface area contributed by atoms with Crippen LogP contribution in [0.3, 0.4) is 0 Å². The van der Waals surface area contributed by atoms with E-state index < -0.39 is 0 Å². The second-order valence-electron chi connectivity index (χ2n) is 3.81. The van der Waals surface area contributed by atoms with Gasteiger partial charge in [0.05, 0.1) is 22.8 Å². The lowest BCUT2D eigenvalue weighted by molar-refractivity contribution is 0.0950. The highest BCUT2D eigenvalue weighted by molar-refractivity contribution is 6.33. The molecular formula is C13H12ClN3O. The van der Waals surface area contributed by atoms with Crippen molar-refractivity contribution in [1.29, 1.82) is 0 Å². The average Bonchev–Trinajstić information content (AvgIpc) is 2.37. The fourth-order valence-corrected chi connectivity index (χ4v) is 1.75. The molecule has 2 aromatic heterocycles. The molecule has 5 heteroatoms. The fourth-order valence-electron chi connectivity index (χ4n) is 1.46. The summed E-state index contributed by atoms with van der Waals surface area (Å²) in [6.45, 7) is 2.19. The third kappa shape index (κ3) is 3.05. The summed E-state index contributed by atoms with van der Waals surface area (Å²) >= 11 is 5.99. The van der Waals surface area contributed by atoms with E-state index in [1.54, 1.807) is 12.3 Å². The molecule has 0 aliphatic carbocycles. The monoisotopic (exact) mass is 261 g/mol. The first-order chi connectivity index (χ1) is 8.66. The second-order valence-corrected chi connectivity index (χ2v) is 4.22. The Morgan fingerprint density at radius 2 is 2.22 bits per heavy atom. The van der Waals surface area contributed by atoms with Crippen molar-refractivity contribution in [2.75, 3.05) is 0 Å². The van der Waals surface area contributed by atoms with E-state index in [9.17, 15) is 4.79 Å². The zero-order valence-electron chi connectivity index (χ0n) is 9.85. The van der Waals surface area contributed by atoms with E-state index in [2.05, 4.69) is 15.3 Å². The topological polar surface area (TPSA) is 54.9 Å². The summed E-state index contributed by atoms with van der Waals surface area (Å²) in [5.41, 5.74) is 1.95. The van der Waals surface area contributed by atoms with Crippen LogP contribution in [0.25, 0.3) is 0 Å². The maximum absolute atomic E-state index is 11.9. The average molecular weight is 262 g/mol. The van der Waals surface area contributed by atoms with Crippen LogP contribution in [0.4, 0.5) is 0 Å². The fraction of sp³-hybridized carbons (Fsp3) is 0.154. The second kappa shape index (κ2) is 5.60. The van der Waals surface area contributed by atoms with Crippen molar-refractivity contribution < 1.29 is 4.79 Å². The van der Waals surface area contributed by atoms with Gasteiger partial charge in [0.15, 0.2) is 0 Å². The van der Waals surface area contributed by atoms with Gasteiger partial charge in [-0.1, -0.05) is 17.7 Å². The number of carbonyl (C=O) groups excluding carboxylic acids is 1. The minimum absolute atomic E-state index is 0.252. The van der Waals surface area contributed by atoms with Crippen LogP contribution >= 0.6 is 11.6 Å². The summed E-state index contributed by atoms with van der Waals surface area (Å²) in [7, 11) is 0. The van der Waals surface area contributed by atoms with Gasteiger partial charge in [0.2, 0.25) is 0 Å². The van der Waals surface area contributed by atoms with Crippen LogP contribution in [-0.4, -0.2) is 15.9 Å². The van der Waals surface area contributed by atoms with Crippen LogP contribution < -0.4 is 5.32 Å². The van der Waals surface area contributed by atoms with E-state index in [1.807, 2.05) is 25.1 Å². The minimum Gasteiger partial charge on any atom is -0.346 e. The highest BCUT2D eigenvalue weighted by atomic mass is 35.5. The lowest BCUT2D eigenvalue weighted by Gasteiger charge is -2.06. The summed E-state index contributed by atoms with van der Waals surface area (Å²) in [6.07, 6.45) is 3.16. The lowest BCUT2D eigenvalue weighted by atomic mass is 10.2. The summed E-state index contributed by atoms with van der Waals surface area (Å²) in [6, 6.07) is 7.20.